The summed E-state index contributed by atoms with van der Waals surface area (Å²) in [6.45, 7) is 0.713. The van der Waals surface area contributed by atoms with Crippen LogP contribution in [0.2, 0.25) is 0 Å². The van der Waals surface area contributed by atoms with Crippen molar-refractivity contribution in [1.29, 1.82) is 0 Å². The number of nitro benzene ring substituents is 1. The van der Waals surface area contributed by atoms with E-state index < -0.39 is 0 Å². The van der Waals surface area contributed by atoms with Crippen molar-refractivity contribution >= 4 is 11.4 Å². The van der Waals surface area contributed by atoms with E-state index in [0.717, 1.165) is 24.1 Å². The summed E-state index contributed by atoms with van der Waals surface area (Å²) in [5, 5.41) is 14.7. The van der Waals surface area contributed by atoms with E-state index in [9.17, 15) is 10.1 Å². The Labute approximate surface area is 134 Å². The Bertz CT molecular complexity index is 732. The SMILES string of the molecule is O=[N+]([O-])c1ccc2c(c1)[C@@H]1OCCC[C@@H]1[C@H](c1ccccc1)N2. The van der Waals surface area contributed by atoms with Crippen molar-refractivity contribution in [3.8, 4) is 0 Å². The van der Waals surface area contributed by atoms with Crippen LogP contribution in [0.15, 0.2) is 48.5 Å². The summed E-state index contributed by atoms with van der Waals surface area (Å²) in [7, 11) is 0. The van der Waals surface area contributed by atoms with Crippen LogP contribution in [0, 0.1) is 16.0 Å². The van der Waals surface area contributed by atoms with Crippen LogP contribution in [0.5, 0.6) is 0 Å². The summed E-state index contributed by atoms with van der Waals surface area (Å²) in [6.07, 6.45) is 2.00. The van der Waals surface area contributed by atoms with Gasteiger partial charge in [0.2, 0.25) is 0 Å². The molecule has 0 radical (unpaired) electrons. The molecular formula is C18H18N2O3. The second-order valence-corrected chi connectivity index (χ2v) is 6.16. The highest BCUT2D eigenvalue weighted by molar-refractivity contribution is 5.60. The highest BCUT2D eigenvalue weighted by Crippen LogP contribution is 2.49. The van der Waals surface area contributed by atoms with Gasteiger partial charge in [-0.15, -0.1) is 0 Å². The Morgan fingerprint density at radius 1 is 1.17 bits per heavy atom. The third-order valence-electron chi connectivity index (χ3n) is 4.82. The number of hydrogen-bond acceptors (Lipinski definition) is 4. The lowest BCUT2D eigenvalue weighted by Gasteiger charge is -2.43. The molecule has 1 N–H and O–H groups in total. The molecule has 0 aliphatic carbocycles. The number of non-ortho nitro benzene ring substituents is 1. The predicted octanol–water partition coefficient (Wildman–Crippen LogP) is 4.23. The largest absolute Gasteiger partial charge is 0.378 e. The molecule has 2 aromatic carbocycles. The van der Waals surface area contributed by atoms with Gasteiger partial charge in [-0.1, -0.05) is 30.3 Å². The number of nitrogens with one attached hydrogen (secondary N) is 1. The van der Waals surface area contributed by atoms with E-state index >= 15 is 0 Å². The molecule has 5 heteroatoms. The zero-order valence-electron chi connectivity index (χ0n) is 12.6. The average Bonchev–Trinajstić information content (AvgIpc) is 2.61. The lowest BCUT2D eigenvalue weighted by atomic mass is 9.77. The molecule has 5 nitrogen and oxygen atoms in total. The number of fused-ring (bicyclic) bond motifs is 3. The number of hydrogen-bond donors (Lipinski definition) is 1. The van der Waals surface area contributed by atoms with Gasteiger partial charge in [-0.3, -0.25) is 10.1 Å². The molecule has 1 fully saturated rings. The lowest BCUT2D eigenvalue weighted by molar-refractivity contribution is -0.385. The van der Waals surface area contributed by atoms with Crippen LogP contribution in [0.3, 0.4) is 0 Å². The number of nitro groups is 1. The molecule has 2 aliphatic rings. The molecule has 0 aromatic heterocycles. The summed E-state index contributed by atoms with van der Waals surface area (Å²) < 4.78 is 6.03. The summed E-state index contributed by atoms with van der Waals surface area (Å²) in [4.78, 5) is 10.7. The Hall–Kier alpha value is -2.40. The van der Waals surface area contributed by atoms with E-state index in [1.54, 1.807) is 18.2 Å². The number of benzene rings is 2. The highest BCUT2D eigenvalue weighted by atomic mass is 16.6. The molecule has 0 unspecified atom stereocenters. The lowest BCUT2D eigenvalue weighted by Crippen LogP contribution is -2.36. The van der Waals surface area contributed by atoms with Crippen LogP contribution in [0.4, 0.5) is 11.4 Å². The van der Waals surface area contributed by atoms with Crippen molar-refractivity contribution < 1.29 is 9.66 Å². The molecule has 2 heterocycles. The second-order valence-electron chi connectivity index (χ2n) is 6.16. The van der Waals surface area contributed by atoms with E-state index in [2.05, 4.69) is 17.4 Å². The average molecular weight is 310 g/mol. The second kappa shape index (κ2) is 5.66. The Balaban J connectivity index is 1.78. The van der Waals surface area contributed by atoms with Crippen LogP contribution in [-0.4, -0.2) is 11.5 Å². The summed E-state index contributed by atoms with van der Waals surface area (Å²) in [5.74, 6) is 0.292. The summed E-state index contributed by atoms with van der Waals surface area (Å²) in [6, 6.07) is 15.5. The smallest absolute Gasteiger partial charge is 0.269 e. The quantitative estimate of drug-likeness (QED) is 0.666. The van der Waals surface area contributed by atoms with Gasteiger partial charge in [-0.25, -0.2) is 0 Å². The molecule has 2 aliphatic heterocycles. The number of rotatable bonds is 2. The van der Waals surface area contributed by atoms with Crippen molar-refractivity contribution in [3.05, 3.63) is 69.8 Å². The Kier molecular flexibility index (Phi) is 3.50. The topological polar surface area (TPSA) is 64.4 Å². The minimum Gasteiger partial charge on any atom is -0.378 e. The van der Waals surface area contributed by atoms with Gasteiger partial charge < -0.3 is 10.1 Å². The van der Waals surface area contributed by atoms with Crippen molar-refractivity contribution in [1.82, 2.24) is 0 Å². The van der Waals surface area contributed by atoms with Crippen LogP contribution < -0.4 is 5.32 Å². The van der Waals surface area contributed by atoms with Gasteiger partial charge in [0.25, 0.3) is 5.69 Å². The maximum Gasteiger partial charge on any atom is 0.269 e. The number of nitrogens with zero attached hydrogens (tertiary/aromatic N) is 1. The van der Waals surface area contributed by atoms with E-state index in [1.165, 1.54) is 5.56 Å². The van der Waals surface area contributed by atoms with Crippen LogP contribution in [0.25, 0.3) is 0 Å². The molecule has 0 spiro atoms. The fourth-order valence-corrected chi connectivity index (χ4v) is 3.76. The standard InChI is InChI=1S/C18H18N2O3/c21-20(22)13-8-9-16-15(11-13)18-14(7-4-10-23-18)17(19-16)12-5-2-1-3-6-12/h1-3,5-6,8-9,11,14,17-19H,4,7,10H2/t14-,17+,18-/m1/s1. The fourth-order valence-electron chi connectivity index (χ4n) is 3.76. The van der Waals surface area contributed by atoms with Crippen molar-refractivity contribution in [2.24, 2.45) is 5.92 Å². The van der Waals surface area contributed by atoms with Crippen LogP contribution >= 0.6 is 0 Å². The minimum atomic E-state index is -0.346. The number of anilines is 1. The fraction of sp³-hybridized carbons (Fsp3) is 0.333. The van der Waals surface area contributed by atoms with Crippen molar-refractivity contribution in [2.75, 3.05) is 11.9 Å². The van der Waals surface area contributed by atoms with Gasteiger partial charge in [0.1, 0.15) is 0 Å². The van der Waals surface area contributed by atoms with Gasteiger partial charge in [0, 0.05) is 35.9 Å². The first-order chi connectivity index (χ1) is 11.2. The molecule has 4 rings (SSSR count). The molecule has 3 atom stereocenters. The van der Waals surface area contributed by atoms with Gasteiger partial charge in [0.05, 0.1) is 17.1 Å². The van der Waals surface area contributed by atoms with Crippen molar-refractivity contribution in [3.63, 3.8) is 0 Å². The predicted molar refractivity (Wildman–Crippen MR) is 87.3 cm³/mol. The Morgan fingerprint density at radius 2 is 2.00 bits per heavy atom. The van der Waals surface area contributed by atoms with E-state index in [0.29, 0.717) is 12.5 Å². The zero-order valence-corrected chi connectivity index (χ0v) is 12.6. The third-order valence-corrected chi connectivity index (χ3v) is 4.82. The Morgan fingerprint density at radius 3 is 2.78 bits per heavy atom. The van der Waals surface area contributed by atoms with Gasteiger partial charge in [0.15, 0.2) is 0 Å². The van der Waals surface area contributed by atoms with Crippen LogP contribution in [-0.2, 0) is 4.74 Å². The summed E-state index contributed by atoms with van der Waals surface area (Å²) in [5.41, 5.74) is 3.21. The van der Waals surface area contributed by atoms with Crippen LogP contribution in [0.1, 0.15) is 36.1 Å². The van der Waals surface area contributed by atoms with Gasteiger partial charge >= 0.3 is 0 Å². The number of ether oxygens (including phenoxy) is 1. The normalized spacial score (nSPS) is 25.8. The monoisotopic (exact) mass is 310 g/mol. The molecule has 23 heavy (non-hydrogen) atoms. The molecular weight excluding hydrogens is 292 g/mol. The first-order valence-corrected chi connectivity index (χ1v) is 7.95. The molecule has 2 aromatic rings. The first-order valence-electron chi connectivity index (χ1n) is 7.95. The third kappa shape index (κ3) is 2.47. The molecule has 118 valence electrons. The van der Waals surface area contributed by atoms with Gasteiger partial charge in [-0.05, 0) is 24.5 Å². The maximum atomic E-state index is 11.1. The molecule has 0 amide bonds. The zero-order chi connectivity index (χ0) is 15.8. The van der Waals surface area contributed by atoms with E-state index in [-0.39, 0.29) is 22.8 Å². The van der Waals surface area contributed by atoms with E-state index in [1.807, 2.05) is 18.2 Å². The highest BCUT2D eigenvalue weighted by Gasteiger charge is 2.40. The van der Waals surface area contributed by atoms with Crippen molar-refractivity contribution in [2.45, 2.75) is 25.0 Å². The first kappa shape index (κ1) is 14.2. The van der Waals surface area contributed by atoms with Gasteiger partial charge in [-0.2, -0.15) is 0 Å². The van der Waals surface area contributed by atoms with E-state index in [4.69, 9.17) is 4.74 Å². The maximum absolute atomic E-state index is 11.1. The molecule has 0 bridgehead atoms. The molecule has 0 saturated carbocycles. The summed E-state index contributed by atoms with van der Waals surface area (Å²) >= 11 is 0. The minimum absolute atomic E-state index is 0.0786. The molecule has 1 saturated heterocycles.